The maximum absolute atomic E-state index is 11.9. The van der Waals surface area contributed by atoms with Gasteiger partial charge in [-0.05, 0) is 36.1 Å². The SMILES string of the molecule is COC(=O)N(Cc1ccccc1C)OCc1ccccc1C. The van der Waals surface area contributed by atoms with E-state index in [-0.39, 0.29) is 0 Å². The highest BCUT2D eigenvalue weighted by atomic mass is 16.7. The maximum atomic E-state index is 11.9. The predicted molar refractivity (Wildman–Crippen MR) is 85.1 cm³/mol. The molecule has 0 radical (unpaired) electrons. The van der Waals surface area contributed by atoms with Crippen LogP contribution in [-0.4, -0.2) is 18.3 Å². The number of ether oxygens (including phenoxy) is 1. The van der Waals surface area contributed by atoms with Crippen molar-refractivity contribution in [1.29, 1.82) is 0 Å². The highest BCUT2D eigenvalue weighted by Crippen LogP contribution is 2.14. The van der Waals surface area contributed by atoms with Crippen LogP contribution in [0.15, 0.2) is 48.5 Å². The van der Waals surface area contributed by atoms with Gasteiger partial charge in [0.1, 0.15) is 6.61 Å². The first-order valence-electron chi connectivity index (χ1n) is 7.19. The summed E-state index contributed by atoms with van der Waals surface area (Å²) >= 11 is 0. The number of hydrogen-bond donors (Lipinski definition) is 0. The lowest BCUT2D eigenvalue weighted by Crippen LogP contribution is -2.30. The molecule has 0 heterocycles. The zero-order chi connectivity index (χ0) is 15.9. The molecule has 116 valence electrons. The van der Waals surface area contributed by atoms with E-state index in [4.69, 9.17) is 9.57 Å². The molecule has 0 unspecified atom stereocenters. The zero-order valence-corrected chi connectivity index (χ0v) is 13.2. The third-order valence-electron chi connectivity index (χ3n) is 3.59. The summed E-state index contributed by atoms with van der Waals surface area (Å²) in [6.07, 6.45) is -0.503. The Hall–Kier alpha value is -2.33. The van der Waals surface area contributed by atoms with Crippen molar-refractivity contribution in [3.8, 4) is 0 Å². The van der Waals surface area contributed by atoms with Crippen LogP contribution < -0.4 is 0 Å². The van der Waals surface area contributed by atoms with Gasteiger partial charge < -0.3 is 4.74 Å². The van der Waals surface area contributed by atoms with Crippen LogP contribution in [0.1, 0.15) is 22.3 Å². The Morgan fingerprint density at radius 3 is 2.05 bits per heavy atom. The summed E-state index contributed by atoms with van der Waals surface area (Å²) < 4.78 is 4.81. The van der Waals surface area contributed by atoms with E-state index in [1.165, 1.54) is 12.2 Å². The van der Waals surface area contributed by atoms with E-state index < -0.39 is 6.09 Å². The van der Waals surface area contributed by atoms with Gasteiger partial charge in [-0.1, -0.05) is 48.5 Å². The average molecular weight is 299 g/mol. The molecular formula is C18H21NO3. The summed E-state index contributed by atoms with van der Waals surface area (Å²) in [7, 11) is 1.35. The van der Waals surface area contributed by atoms with E-state index >= 15 is 0 Å². The van der Waals surface area contributed by atoms with Crippen molar-refractivity contribution in [1.82, 2.24) is 5.06 Å². The van der Waals surface area contributed by atoms with Gasteiger partial charge in [-0.3, -0.25) is 4.84 Å². The van der Waals surface area contributed by atoms with Gasteiger partial charge in [0.15, 0.2) is 0 Å². The van der Waals surface area contributed by atoms with Gasteiger partial charge in [-0.15, -0.1) is 0 Å². The second-order valence-electron chi connectivity index (χ2n) is 5.13. The van der Waals surface area contributed by atoms with Gasteiger partial charge in [0.05, 0.1) is 13.7 Å². The Morgan fingerprint density at radius 1 is 0.955 bits per heavy atom. The molecule has 4 heteroatoms. The molecule has 2 rings (SSSR count). The Morgan fingerprint density at radius 2 is 1.50 bits per heavy atom. The van der Waals surface area contributed by atoms with Crippen LogP contribution in [0.4, 0.5) is 4.79 Å². The minimum absolute atomic E-state index is 0.327. The Kier molecular flexibility index (Phi) is 5.55. The summed E-state index contributed by atoms with van der Waals surface area (Å²) in [4.78, 5) is 17.6. The average Bonchev–Trinajstić information content (AvgIpc) is 2.53. The number of hydrogen-bond acceptors (Lipinski definition) is 3. The first-order chi connectivity index (χ1) is 10.6. The highest BCUT2D eigenvalue weighted by molar-refractivity contribution is 5.66. The van der Waals surface area contributed by atoms with Gasteiger partial charge >= 0.3 is 6.09 Å². The smallest absolute Gasteiger partial charge is 0.433 e. The molecule has 0 aliphatic rings. The summed E-state index contributed by atoms with van der Waals surface area (Å²) in [6, 6.07) is 15.8. The lowest BCUT2D eigenvalue weighted by molar-refractivity contribution is -0.150. The molecule has 0 saturated heterocycles. The molecule has 22 heavy (non-hydrogen) atoms. The van der Waals surface area contributed by atoms with Crippen molar-refractivity contribution >= 4 is 6.09 Å². The van der Waals surface area contributed by atoms with Crippen LogP contribution in [0, 0.1) is 13.8 Å². The fourth-order valence-electron chi connectivity index (χ4n) is 2.13. The number of methoxy groups -OCH3 is 1. The van der Waals surface area contributed by atoms with E-state index in [1.54, 1.807) is 0 Å². The van der Waals surface area contributed by atoms with E-state index in [1.807, 2.05) is 62.4 Å². The molecule has 2 aromatic carbocycles. The summed E-state index contributed by atoms with van der Waals surface area (Å²) in [5.41, 5.74) is 4.30. The largest absolute Gasteiger partial charge is 0.451 e. The van der Waals surface area contributed by atoms with Gasteiger partial charge in [0.2, 0.25) is 0 Å². The third-order valence-corrected chi connectivity index (χ3v) is 3.59. The number of carbonyl (C=O) groups is 1. The summed E-state index contributed by atoms with van der Waals surface area (Å²) in [5, 5.41) is 1.26. The highest BCUT2D eigenvalue weighted by Gasteiger charge is 2.16. The number of benzene rings is 2. The van der Waals surface area contributed by atoms with Gasteiger partial charge in [-0.25, -0.2) is 4.79 Å². The van der Waals surface area contributed by atoms with E-state index in [9.17, 15) is 4.79 Å². The van der Waals surface area contributed by atoms with Crippen molar-refractivity contribution in [2.75, 3.05) is 7.11 Å². The number of rotatable bonds is 5. The van der Waals surface area contributed by atoms with Crippen LogP contribution in [0.3, 0.4) is 0 Å². The number of carbonyl (C=O) groups excluding carboxylic acids is 1. The lowest BCUT2D eigenvalue weighted by atomic mass is 10.1. The number of hydroxylamine groups is 2. The molecular weight excluding hydrogens is 278 g/mol. The van der Waals surface area contributed by atoms with Crippen LogP contribution in [0.25, 0.3) is 0 Å². The normalized spacial score (nSPS) is 10.3. The van der Waals surface area contributed by atoms with Gasteiger partial charge in [0, 0.05) is 0 Å². The van der Waals surface area contributed by atoms with Crippen molar-refractivity contribution < 1.29 is 14.4 Å². The minimum Gasteiger partial charge on any atom is -0.451 e. The van der Waals surface area contributed by atoms with Crippen molar-refractivity contribution in [2.24, 2.45) is 0 Å². The summed E-state index contributed by atoms with van der Waals surface area (Å²) in [5.74, 6) is 0. The zero-order valence-electron chi connectivity index (χ0n) is 13.2. The van der Waals surface area contributed by atoms with Crippen LogP contribution >= 0.6 is 0 Å². The van der Waals surface area contributed by atoms with Crippen LogP contribution in [0.5, 0.6) is 0 Å². The molecule has 1 amide bonds. The van der Waals surface area contributed by atoms with Crippen LogP contribution in [-0.2, 0) is 22.7 Å². The molecule has 0 spiro atoms. The first kappa shape index (κ1) is 16.0. The maximum Gasteiger partial charge on any atom is 0.433 e. The van der Waals surface area contributed by atoms with Crippen molar-refractivity contribution in [3.05, 3.63) is 70.8 Å². The molecule has 2 aromatic rings. The van der Waals surface area contributed by atoms with Gasteiger partial charge in [-0.2, -0.15) is 5.06 Å². The molecule has 0 fully saturated rings. The summed E-state index contributed by atoms with van der Waals surface area (Å²) in [6.45, 7) is 4.70. The van der Waals surface area contributed by atoms with Crippen molar-refractivity contribution in [3.63, 3.8) is 0 Å². The molecule has 0 aliphatic heterocycles. The fourth-order valence-corrected chi connectivity index (χ4v) is 2.13. The predicted octanol–water partition coefficient (Wildman–Crippen LogP) is 4.00. The Bertz CT molecular complexity index is 640. The third kappa shape index (κ3) is 4.09. The van der Waals surface area contributed by atoms with E-state index in [2.05, 4.69) is 0 Å². The molecule has 0 aromatic heterocycles. The molecule has 0 bridgehead atoms. The van der Waals surface area contributed by atoms with E-state index in [0.717, 1.165) is 22.3 Å². The standard InChI is InChI=1S/C18H21NO3/c1-14-8-4-6-10-16(14)12-19(18(20)21-3)22-13-17-11-7-5-9-15(17)2/h4-11H,12-13H2,1-3H3. The van der Waals surface area contributed by atoms with Crippen LogP contribution in [0.2, 0.25) is 0 Å². The molecule has 4 nitrogen and oxygen atoms in total. The minimum atomic E-state index is -0.503. The topological polar surface area (TPSA) is 38.8 Å². The number of aryl methyl sites for hydroxylation is 2. The second kappa shape index (κ2) is 7.61. The van der Waals surface area contributed by atoms with E-state index in [0.29, 0.717) is 13.2 Å². The van der Waals surface area contributed by atoms with Crippen molar-refractivity contribution in [2.45, 2.75) is 27.0 Å². The molecule has 0 atom stereocenters. The Labute approximate surface area is 131 Å². The number of nitrogens with zero attached hydrogens (tertiary/aromatic N) is 1. The lowest BCUT2D eigenvalue weighted by Gasteiger charge is -2.21. The first-order valence-corrected chi connectivity index (χ1v) is 7.19. The van der Waals surface area contributed by atoms with Gasteiger partial charge in [0.25, 0.3) is 0 Å². The fraction of sp³-hybridized carbons (Fsp3) is 0.278. The molecule has 0 saturated carbocycles. The number of amides is 1. The molecule has 0 aliphatic carbocycles. The second-order valence-corrected chi connectivity index (χ2v) is 5.13. The quantitative estimate of drug-likeness (QED) is 0.783. The molecule has 0 N–H and O–H groups in total. The Balaban J connectivity index is 2.09. The monoisotopic (exact) mass is 299 g/mol.